The van der Waals surface area contributed by atoms with Crippen LogP contribution in [-0.4, -0.2) is 31.7 Å². The molecule has 0 amide bonds. The van der Waals surface area contributed by atoms with Gasteiger partial charge in [0.1, 0.15) is 22.5 Å². The molecule has 7 heteroatoms. The molecule has 2 N–H and O–H groups in total. The first-order valence-corrected chi connectivity index (χ1v) is 6.71. The number of aromatic amines is 1. The summed E-state index contributed by atoms with van der Waals surface area (Å²) in [5, 5.41) is 11.6. The van der Waals surface area contributed by atoms with Gasteiger partial charge in [-0.15, -0.1) is 5.10 Å². The lowest BCUT2D eigenvalue weighted by Gasteiger charge is -2.06. The summed E-state index contributed by atoms with van der Waals surface area (Å²) >= 11 is 1.43. The standard InChI is InChI=1S/C11H16N6S/c1-4-8-14-9(12-5-2)6-10(15-8)18-11-13-7(3)16-17-11/h6H,4-5H2,1-3H3,(H,12,14,15)(H,13,16,17). The maximum absolute atomic E-state index is 4.46. The van der Waals surface area contributed by atoms with Crippen molar-refractivity contribution >= 4 is 17.6 Å². The number of hydrogen-bond donors (Lipinski definition) is 2. The van der Waals surface area contributed by atoms with Gasteiger partial charge >= 0.3 is 0 Å². The average Bonchev–Trinajstić information content (AvgIpc) is 2.75. The number of anilines is 1. The first kappa shape index (κ1) is 12.8. The van der Waals surface area contributed by atoms with Gasteiger partial charge in [-0.05, 0) is 25.6 Å². The van der Waals surface area contributed by atoms with Crippen LogP contribution in [0.3, 0.4) is 0 Å². The zero-order valence-electron chi connectivity index (χ0n) is 10.7. The highest BCUT2D eigenvalue weighted by Crippen LogP contribution is 2.24. The fourth-order valence-corrected chi connectivity index (χ4v) is 2.20. The van der Waals surface area contributed by atoms with E-state index in [1.807, 2.05) is 26.8 Å². The number of hydrogen-bond acceptors (Lipinski definition) is 6. The lowest BCUT2D eigenvalue weighted by Crippen LogP contribution is -2.03. The van der Waals surface area contributed by atoms with Gasteiger partial charge in [-0.2, -0.15) is 0 Å². The SMILES string of the molecule is CCNc1cc(Sc2n[nH]c(C)n2)nc(CC)n1. The predicted molar refractivity (Wildman–Crippen MR) is 70.8 cm³/mol. The molecule has 2 aromatic rings. The van der Waals surface area contributed by atoms with Gasteiger partial charge in [0.25, 0.3) is 0 Å². The first-order chi connectivity index (χ1) is 8.71. The minimum Gasteiger partial charge on any atom is -0.370 e. The second-order valence-corrected chi connectivity index (χ2v) is 4.68. The quantitative estimate of drug-likeness (QED) is 0.805. The van der Waals surface area contributed by atoms with Gasteiger partial charge in [-0.3, -0.25) is 5.10 Å². The van der Waals surface area contributed by atoms with Gasteiger partial charge in [0.15, 0.2) is 0 Å². The van der Waals surface area contributed by atoms with Crippen LogP contribution in [0.15, 0.2) is 16.2 Å². The van der Waals surface area contributed by atoms with E-state index in [-0.39, 0.29) is 0 Å². The van der Waals surface area contributed by atoms with Gasteiger partial charge < -0.3 is 5.32 Å². The van der Waals surface area contributed by atoms with Crippen LogP contribution in [0, 0.1) is 6.92 Å². The molecule has 2 rings (SSSR count). The van der Waals surface area contributed by atoms with Crippen molar-refractivity contribution in [1.29, 1.82) is 0 Å². The molecule has 0 atom stereocenters. The van der Waals surface area contributed by atoms with E-state index in [2.05, 4.69) is 30.5 Å². The van der Waals surface area contributed by atoms with E-state index in [4.69, 9.17) is 0 Å². The number of nitrogens with one attached hydrogen (secondary N) is 2. The van der Waals surface area contributed by atoms with E-state index in [0.717, 1.165) is 35.5 Å². The van der Waals surface area contributed by atoms with Gasteiger partial charge in [0, 0.05) is 19.0 Å². The van der Waals surface area contributed by atoms with Gasteiger partial charge in [-0.1, -0.05) is 6.92 Å². The number of aryl methyl sites for hydroxylation is 2. The normalized spacial score (nSPS) is 10.6. The molecule has 18 heavy (non-hydrogen) atoms. The molecule has 0 fully saturated rings. The average molecular weight is 264 g/mol. The Balaban J connectivity index is 2.23. The van der Waals surface area contributed by atoms with Gasteiger partial charge in [-0.25, -0.2) is 15.0 Å². The summed E-state index contributed by atoms with van der Waals surface area (Å²) in [7, 11) is 0. The van der Waals surface area contributed by atoms with Crippen molar-refractivity contribution in [2.45, 2.75) is 37.4 Å². The monoisotopic (exact) mass is 264 g/mol. The smallest absolute Gasteiger partial charge is 0.214 e. The number of H-pyrrole nitrogens is 1. The molecule has 0 aliphatic rings. The molecule has 6 nitrogen and oxygen atoms in total. The van der Waals surface area contributed by atoms with Gasteiger partial charge in [0.2, 0.25) is 5.16 Å². The molecule has 0 aliphatic heterocycles. The Morgan fingerprint density at radius 3 is 2.72 bits per heavy atom. The molecular weight excluding hydrogens is 248 g/mol. The van der Waals surface area contributed by atoms with Crippen molar-refractivity contribution in [3.05, 3.63) is 17.7 Å². The van der Waals surface area contributed by atoms with Crippen molar-refractivity contribution in [1.82, 2.24) is 25.1 Å². The third-order valence-corrected chi connectivity index (χ3v) is 2.98. The Kier molecular flexibility index (Phi) is 4.14. The van der Waals surface area contributed by atoms with Crippen LogP contribution < -0.4 is 5.32 Å². The van der Waals surface area contributed by atoms with Crippen LogP contribution >= 0.6 is 11.8 Å². The summed E-state index contributed by atoms with van der Waals surface area (Å²) < 4.78 is 0. The van der Waals surface area contributed by atoms with E-state index in [1.165, 1.54) is 11.8 Å². The molecule has 0 spiro atoms. The molecule has 0 radical (unpaired) electrons. The number of aromatic nitrogens is 5. The Morgan fingerprint density at radius 1 is 1.28 bits per heavy atom. The van der Waals surface area contributed by atoms with Crippen molar-refractivity contribution in [3.63, 3.8) is 0 Å². The summed E-state index contributed by atoms with van der Waals surface area (Å²) in [5.41, 5.74) is 0. The minimum absolute atomic E-state index is 0.677. The third kappa shape index (κ3) is 3.19. The van der Waals surface area contributed by atoms with Crippen molar-refractivity contribution < 1.29 is 0 Å². The summed E-state index contributed by atoms with van der Waals surface area (Å²) in [4.78, 5) is 13.1. The largest absolute Gasteiger partial charge is 0.370 e. The van der Waals surface area contributed by atoms with E-state index in [1.54, 1.807) is 0 Å². The fraction of sp³-hybridized carbons (Fsp3) is 0.455. The third-order valence-electron chi connectivity index (χ3n) is 2.20. The lowest BCUT2D eigenvalue weighted by atomic mass is 10.4. The second-order valence-electron chi connectivity index (χ2n) is 3.70. The number of rotatable bonds is 5. The zero-order valence-corrected chi connectivity index (χ0v) is 11.5. The van der Waals surface area contributed by atoms with Crippen molar-refractivity contribution in [2.75, 3.05) is 11.9 Å². The summed E-state index contributed by atoms with van der Waals surface area (Å²) in [6, 6.07) is 1.92. The number of nitrogens with zero attached hydrogens (tertiary/aromatic N) is 4. The Labute approximate surface area is 110 Å². The molecular formula is C11H16N6S. The van der Waals surface area contributed by atoms with E-state index >= 15 is 0 Å². The van der Waals surface area contributed by atoms with Crippen LogP contribution in [-0.2, 0) is 6.42 Å². The molecule has 0 aromatic carbocycles. The molecule has 96 valence electrons. The van der Waals surface area contributed by atoms with E-state index in [9.17, 15) is 0 Å². The molecule has 0 aliphatic carbocycles. The molecule has 2 aromatic heterocycles. The van der Waals surface area contributed by atoms with E-state index < -0.39 is 0 Å². The Bertz CT molecular complexity index is 524. The second kappa shape index (κ2) is 5.81. The lowest BCUT2D eigenvalue weighted by molar-refractivity contribution is 0.882. The predicted octanol–water partition coefficient (Wildman–Crippen LogP) is 2.05. The van der Waals surface area contributed by atoms with Gasteiger partial charge in [0.05, 0.1) is 0 Å². The van der Waals surface area contributed by atoms with Crippen LogP contribution in [0.4, 0.5) is 5.82 Å². The maximum atomic E-state index is 4.46. The fourth-order valence-electron chi connectivity index (χ4n) is 1.42. The Hall–Kier alpha value is -1.63. The van der Waals surface area contributed by atoms with E-state index in [0.29, 0.717) is 5.16 Å². The van der Waals surface area contributed by atoms with Crippen LogP contribution in [0.25, 0.3) is 0 Å². The van der Waals surface area contributed by atoms with Crippen molar-refractivity contribution in [2.24, 2.45) is 0 Å². The highest BCUT2D eigenvalue weighted by atomic mass is 32.2. The molecule has 0 saturated heterocycles. The highest BCUT2D eigenvalue weighted by Gasteiger charge is 2.08. The minimum atomic E-state index is 0.677. The molecule has 0 saturated carbocycles. The summed E-state index contributed by atoms with van der Waals surface area (Å²) in [6.45, 7) is 6.79. The molecule has 2 heterocycles. The van der Waals surface area contributed by atoms with Crippen LogP contribution in [0.1, 0.15) is 25.5 Å². The van der Waals surface area contributed by atoms with Crippen LogP contribution in [0.2, 0.25) is 0 Å². The van der Waals surface area contributed by atoms with Crippen molar-refractivity contribution in [3.8, 4) is 0 Å². The topological polar surface area (TPSA) is 79.4 Å². The summed E-state index contributed by atoms with van der Waals surface area (Å²) in [5.74, 6) is 2.47. The Morgan fingerprint density at radius 2 is 2.11 bits per heavy atom. The maximum Gasteiger partial charge on any atom is 0.214 e. The summed E-state index contributed by atoms with van der Waals surface area (Å²) in [6.07, 6.45) is 0.805. The first-order valence-electron chi connectivity index (χ1n) is 5.90. The highest BCUT2D eigenvalue weighted by molar-refractivity contribution is 7.99. The zero-order chi connectivity index (χ0) is 13.0. The van der Waals surface area contributed by atoms with Crippen LogP contribution in [0.5, 0.6) is 0 Å². The molecule has 0 bridgehead atoms. The molecule has 0 unspecified atom stereocenters.